The second kappa shape index (κ2) is 12.6. The SMILES string of the molecule is COC(=O)NC1CCC(Nc2cc(-c3ccc4cc(C#N)cnn34)ncc2-c2nnc(N3C[C@H]4CC[C@@H](C3)C4NC(C)=O)s2)CC1. The third kappa shape index (κ3) is 5.94. The van der Waals surface area contributed by atoms with Crippen LogP contribution >= 0.6 is 11.3 Å². The summed E-state index contributed by atoms with van der Waals surface area (Å²) in [5.74, 6) is 0.854. The topological polar surface area (TPSA) is 162 Å². The fraction of sp³-hybridized carbons (Fsp3) is 0.469. The summed E-state index contributed by atoms with van der Waals surface area (Å²) in [6, 6.07) is 10.4. The Morgan fingerprint density at radius 2 is 1.76 bits per heavy atom. The lowest BCUT2D eigenvalue weighted by atomic mass is 9.91. The van der Waals surface area contributed by atoms with Gasteiger partial charge in [0.2, 0.25) is 11.0 Å². The lowest BCUT2D eigenvalue weighted by Gasteiger charge is -2.37. The zero-order valence-corrected chi connectivity index (χ0v) is 26.6. The first-order valence-corrected chi connectivity index (χ1v) is 16.6. The van der Waals surface area contributed by atoms with Crippen molar-refractivity contribution < 1.29 is 14.3 Å². The number of piperidine rings is 1. The van der Waals surface area contributed by atoms with Crippen LogP contribution in [0.4, 0.5) is 15.6 Å². The van der Waals surface area contributed by atoms with Crippen LogP contribution in [0.3, 0.4) is 0 Å². The molecule has 3 atom stereocenters. The number of alkyl carbamates (subject to hydrolysis) is 1. The molecule has 46 heavy (non-hydrogen) atoms. The maximum absolute atomic E-state index is 11.8. The van der Waals surface area contributed by atoms with E-state index in [1.165, 1.54) is 7.11 Å². The van der Waals surface area contributed by atoms with Crippen LogP contribution in [0.15, 0.2) is 36.7 Å². The lowest BCUT2D eigenvalue weighted by Crippen LogP contribution is -2.52. The van der Waals surface area contributed by atoms with E-state index in [9.17, 15) is 14.9 Å². The van der Waals surface area contributed by atoms with Crippen molar-refractivity contribution in [3.63, 3.8) is 0 Å². The summed E-state index contributed by atoms with van der Waals surface area (Å²) in [5.41, 5.74) is 4.65. The molecule has 0 spiro atoms. The molecule has 14 heteroatoms. The van der Waals surface area contributed by atoms with Gasteiger partial charge in [0.25, 0.3) is 0 Å². The van der Waals surface area contributed by atoms with E-state index in [2.05, 4.69) is 42.2 Å². The highest BCUT2D eigenvalue weighted by molar-refractivity contribution is 7.18. The highest BCUT2D eigenvalue weighted by atomic mass is 32.1. The molecule has 1 saturated heterocycles. The van der Waals surface area contributed by atoms with Gasteiger partial charge in [0.05, 0.1) is 41.3 Å². The van der Waals surface area contributed by atoms with Gasteiger partial charge in [-0.1, -0.05) is 11.3 Å². The minimum atomic E-state index is -0.396. The predicted molar refractivity (Wildman–Crippen MR) is 173 cm³/mol. The Balaban J connectivity index is 1.16. The summed E-state index contributed by atoms with van der Waals surface area (Å²) in [6.45, 7) is 3.30. The molecule has 1 aliphatic heterocycles. The van der Waals surface area contributed by atoms with Crippen molar-refractivity contribution in [2.45, 2.75) is 63.6 Å². The monoisotopic (exact) mass is 640 g/mol. The van der Waals surface area contributed by atoms with Gasteiger partial charge in [-0.3, -0.25) is 9.78 Å². The maximum atomic E-state index is 11.8. The highest BCUT2D eigenvalue weighted by Gasteiger charge is 2.43. The second-order valence-corrected chi connectivity index (χ2v) is 13.4. The van der Waals surface area contributed by atoms with Crippen LogP contribution in [0.1, 0.15) is 51.0 Å². The van der Waals surface area contributed by atoms with Crippen molar-refractivity contribution in [1.82, 2.24) is 35.4 Å². The van der Waals surface area contributed by atoms with Crippen LogP contribution in [0.2, 0.25) is 0 Å². The number of amides is 2. The van der Waals surface area contributed by atoms with E-state index in [1.54, 1.807) is 35.0 Å². The number of hydrogen-bond acceptors (Lipinski definition) is 11. The van der Waals surface area contributed by atoms with Crippen LogP contribution in [-0.2, 0) is 9.53 Å². The number of nitriles is 1. The second-order valence-electron chi connectivity index (χ2n) is 12.5. The third-order valence-electron chi connectivity index (χ3n) is 9.51. The number of methoxy groups -OCH3 is 1. The Morgan fingerprint density at radius 1 is 1.00 bits per heavy atom. The Kier molecular flexibility index (Phi) is 8.16. The van der Waals surface area contributed by atoms with Gasteiger partial charge in [-0.25, -0.2) is 9.31 Å². The molecule has 1 unspecified atom stereocenters. The first kappa shape index (κ1) is 29.9. The van der Waals surface area contributed by atoms with Crippen molar-refractivity contribution >= 4 is 39.7 Å². The van der Waals surface area contributed by atoms with E-state index >= 15 is 0 Å². The number of carbonyl (C=O) groups is 2. The molecule has 0 aromatic carbocycles. The average Bonchev–Trinajstić information content (AvgIpc) is 3.77. The van der Waals surface area contributed by atoms with Crippen molar-refractivity contribution in [2.24, 2.45) is 11.8 Å². The standard InChI is InChI=1S/C32H36N10O3S/c1-18(43)36-29-20-3-4-21(29)17-41(16-20)31-40-39-30(46-31)25-15-34-27(28-10-9-24-11-19(13-33)14-35-42(24)28)12-26(25)37-22-5-7-23(8-6-22)38-32(44)45-2/h9-12,14-15,20-23,29H,3-8,16-17H2,1-2H3,(H,34,37)(H,36,43)(H,38,44)/t20-,21+,22?,23?,29?. The quantitative estimate of drug-likeness (QED) is 0.267. The first-order valence-electron chi connectivity index (χ1n) is 15.7. The van der Waals surface area contributed by atoms with Crippen LogP contribution < -0.4 is 20.9 Å². The summed E-state index contributed by atoms with van der Waals surface area (Å²) >= 11 is 1.56. The van der Waals surface area contributed by atoms with E-state index in [0.717, 1.165) is 89.9 Å². The number of pyridine rings is 1. The number of aromatic nitrogens is 5. The van der Waals surface area contributed by atoms with Gasteiger partial charge in [0.15, 0.2) is 5.01 Å². The van der Waals surface area contributed by atoms with Crippen molar-refractivity contribution in [3.05, 3.63) is 42.2 Å². The van der Waals surface area contributed by atoms with Gasteiger partial charge < -0.3 is 25.6 Å². The van der Waals surface area contributed by atoms with Gasteiger partial charge in [-0.15, -0.1) is 10.2 Å². The Hall–Kier alpha value is -4.77. The fourth-order valence-corrected chi connectivity index (χ4v) is 8.16. The van der Waals surface area contributed by atoms with E-state index in [1.807, 2.05) is 24.4 Å². The van der Waals surface area contributed by atoms with Crippen LogP contribution in [-0.4, -0.2) is 75.1 Å². The van der Waals surface area contributed by atoms with Gasteiger partial charge in [0.1, 0.15) is 6.07 Å². The molecule has 2 bridgehead atoms. The highest BCUT2D eigenvalue weighted by Crippen LogP contribution is 2.42. The van der Waals surface area contributed by atoms with E-state index in [0.29, 0.717) is 17.4 Å². The first-order chi connectivity index (χ1) is 22.4. The number of rotatable bonds is 7. The molecule has 3 N–H and O–H groups in total. The van der Waals surface area contributed by atoms with E-state index in [-0.39, 0.29) is 24.0 Å². The lowest BCUT2D eigenvalue weighted by molar-refractivity contribution is -0.120. The smallest absolute Gasteiger partial charge is 0.407 e. The average molecular weight is 641 g/mol. The maximum Gasteiger partial charge on any atom is 0.407 e. The van der Waals surface area contributed by atoms with Crippen molar-refractivity contribution in [3.8, 4) is 28.0 Å². The molecule has 5 heterocycles. The Labute approximate surface area is 270 Å². The van der Waals surface area contributed by atoms with E-state index < -0.39 is 6.09 Å². The summed E-state index contributed by atoms with van der Waals surface area (Å²) < 4.78 is 6.58. The molecule has 238 valence electrons. The zero-order chi connectivity index (χ0) is 31.8. The normalized spacial score (nSPS) is 23.9. The minimum absolute atomic E-state index is 0.0357. The molecule has 3 aliphatic rings. The molecule has 4 aromatic rings. The molecule has 2 aliphatic carbocycles. The van der Waals surface area contributed by atoms with Gasteiger partial charge in [-0.05, 0) is 74.6 Å². The number of nitrogens with zero attached hydrogens (tertiary/aromatic N) is 7. The minimum Gasteiger partial charge on any atom is -0.453 e. The molecule has 4 aromatic heterocycles. The third-order valence-corrected chi connectivity index (χ3v) is 10.5. The van der Waals surface area contributed by atoms with Gasteiger partial charge >= 0.3 is 6.09 Å². The molecule has 13 nitrogen and oxygen atoms in total. The Morgan fingerprint density at radius 3 is 2.48 bits per heavy atom. The molecule has 7 rings (SSSR count). The zero-order valence-electron chi connectivity index (χ0n) is 25.8. The molecular formula is C32H36N10O3S. The molecule has 0 radical (unpaired) electrons. The van der Waals surface area contributed by atoms with Crippen LogP contribution in [0, 0.1) is 23.2 Å². The van der Waals surface area contributed by atoms with Crippen LogP contribution in [0.5, 0.6) is 0 Å². The molecular weight excluding hydrogens is 604 g/mol. The molecule has 2 saturated carbocycles. The summed E-state index contributed by atoms with van der Waals surface area (Å²) in [4.78, 5) is 30.7. The van der Waals surface area contributed by atoms with Crippen LogP contribution in [0.25, 0.3) is 27.5 Å². The van der Waals surface area contributed by atoms with Gasteiger partial charge in [0, 0.05) is 50.0 Å². The summed E-state index contributed by atoms with van der Waals surface area (Å²) in [5, 5.41) is 34.6. The number of fused-ring (bicyclic) bond motifs is 3. The number of carbonyl (C=O) groups excluding carboxylic acids is 2. The summed E-state index contributed by atoms with van der Waals surface area (Å²) in [6.07, 6.45) is 8.67. The number of anilines is 2. The predicted octanol–water partition coefficient (Wildman–Crippen LogP) is 4.22. The number of hydrogen-bond donors (Lipinski definition) is 3. The van der Waals surface area contributed by atoms with Crippen molar-refractivity contribution in [1.29, 1.82) is 5.26 Å². The summed E-state index contributed by atoms with van der Waals surface area (Å²) in [7, 11) is 1.38. The molecule has 2 amide bonds. The Bertz CT molecular complexity index is 1790. The fourth-order valence-electron chi connectivity index (χ4n) is 7.27. The van der Waals surface area contributed by atoms with Gasteiger partial charge in [-0.2, -0.15) is 10.4 Å². The van der Waals surface area contributed by atoms with E-state index in [4.69, 9.17) is 9.72 Å². The largest absolute Gasteiger partial charge is 0.453 e. The number of nitrogens with one attached hydrogen (secondary N) is 3. The molecule has 3 fully saturated rings. The number of ether oxygens (including phenoxy) is 1. The van der Waals surface area contributed by atoms with Crippen molar-refractivity contribution in [2.75, 3.05) is 30.4 Å².